The van der Waals surface area contributed by atoms with Gasteiger partial charge in [0.05, 0.1) is 17.8 Å². The van der Waals surface area contributed by atoms with E-state index in [0.29, 0.717) is 5.75 Å². The lowest BCUT2D eigenvalue weighted by molar-refractivity contribution is 0.0938. The maximum atomic E-state index is 12.8. The Labute approximate surface area is 164 Å². The number of halogens is 1. The highest BCUT2D eigenvalue weighted by molar-refractivity contribution is 7.92. The smallest absolute Gasteiger partial charge is 0.263 e. The number of ether oxygens (including phenoxy) is 1. The van der Waals surface area contributed by atoms with Crippen LogP contribution in [0.2, 0.25) is 5.02 Å². The summed E-state index contributed by atoms with van der Waals surface area (Å²) >= 11 is 6.10. The molecule has 2 N–H and O–H groups in total. The van der Waals surface area contributed by atoms with Gasteiger partial charge in [-0.1, -0.05) is 37.1 Å². The first-order chi connectivity index (χ1) is 12.8. The van der Waals surface area contributed by atoms with Crippen molar-refractivity contribution in [2.24, 2.45) is 0 Å². The number of nitrogens with one attached hydrogen (secondary N) is 2. The lowest BCUT2D eigenvalue weighted by Gasteiger charge is -2.15. The number of amides is 1. The van der Waals surface area contributed by atoms with Gasteiger partial charge in [0.25, 0.3) is 15.9 Å². The summed E-state index contributed by atoms with van der Waals surface area (Å²) < 4.78 is 33.2. The Balaban J connectivity index is 2.32. The van der Waals surface area contributed by atoms with Crippen molar-refractivity contribution in [3.05, 3.63) is 53.1 Å². The fourth-order valence-corrected chi connectivity index (χ4v) is 4.19. The van der Waals surface area contributed by atoms with Crippen LogP contribution in [-0.4, -0.2) is 27.5 Å². The average molecular weight is 411 g/mol. The number of rotatable bonds is 8. The van der Waals surface area contributed by atoms with Gasteiger partial charge in [0.2, 0.25) is 0 Å². The minimum Gasteiger partial charge on any atom is -0.495 e. The van der Waals surface area contributed by atoms with Gasteiger partial charge < -0.3 is 10.1 Å². The summed E-state index contributed by atoms with van der Waals surface area (Å²) in [6.45, 7) is 3.93. The van der Waals surface area contributed by atoms with Crippen molar-refractivity contribution >= 4 is 33.2 Å². The fourth-order valence-electron chi connectivity index (χ4n) is 2.59. The Kier molecular flexibility index (Phi) is 7.10. The molecule has 0 spiro atoms. The number of sulfonamides is 1. The molecule has 0 bridgehead atoms. The predicted molar refractivity (Wildman–Crippen MR) is 107 cm³/mol. The SMILES string of the molecule is CCCC(C)NC(=O)c1ccc(Cl)c(S(=O)(=O)Nc2ccccc2OC)c1. The van der Waals surface area contributed by atoms with E-state index in [0.717, 1.165) is 12.8 Å². The Bertz CT molecular complexity index is 916. The van der Waals surface area contributed by atoms with Crippen LogP contribution in [0.5, 0.6) is 5.75 Å². The van der Waals surface area contributed by atoms with E-state index in [4.69, 9.17) is 16.3 Å². The fraction of sp³-hybridized carbons (Fsp3) is 0.316. The molecular formula is C19H23ClN2O4S. The van der Waals surface area contributed by atoms with Crippen LogP contribution >= 0.6 is 11.6 Å². The van der Waals surface area contributed by atoms with Crippen LogP contribution in [0.15, 0.2) is 47.4 Å². The second kappa shape index (κ2) is 9.10. The molecule has 1 unspecified atom stereocenters. The molecule has 1 amide bonds. The minimum atomic E-state index is -4.01. The van der Waals surface area contributed by atoms with Crippen molar-refractivity contribution in [2.75, 3.05) is 11.8 Å². The monoisotopic (exact) mass is 410 g/mol. The van der Waals surface area contributed by atoms with E-state index >= 15 is 0 Å². The van der Waals surface area contributed by atoms with Crippen molar-refractivity contribution in [3.8, 4) is 5.75 Å². The molecule has 0 heterocycles. The summed E-state index contributed by atoms with van der Waals surface area (Å²) in [5.41, 5.74) is 0.505. The number of para-hydroxylation sites is 2. The molecule has 0 saturated heterocycles. The number of carbonyl (C=O) groups is 1. The van der Waals surface area contributed by atoms with Gasteiger partial charge in [-0.05, 0) is 43.7 Å². The molecule has 0 fully saturated rings. The lowest BCUT2D eigenvalue weighted by atomic mass is 10.1. The Morgan fingerprint density at radius 1 is 1.22 bits per heavy atom. The molecule has 0 aliphatic carbocycles. The summed E-state index contributed by atoms with van der Waals surface area (Å²) in [6, 6.07) is 10.8. The van der Waals surface area contributed by atoms with Gasteiger partial charge in [-0.2, -0.15) is 0 Å². The quantitative estimate of drug-likeness (QED) is 0.687. The molecule has 8 heteroatoms. The molecule has 2 aromatic carbocycles. The molecule has 6 nitrogen and oxygen atoms in total. The van der Waals surface area contributed by atoms with E-state index < -0.39 is 10.0 Å². The standard InChI is InChI=1S/C19H23ClN2O4S/c1-4-7-13(2)21-19(23)14-10-11-15(20)18(12-14)27(24,25)22-16-8-5-6-9-17(16)26-3/h5-6,8-13,22H,4,7H2,1-3H3,(H,21,23). The van der Waals surface area contributed by atoms with E-state index in [2.05, 4.69) is 10.0 Å². The zero-order valence-electron chi connectivity index (χ0n) is 15.5. The molecule has 0 aliphatic rings. The third-order valence-electron chi connectivity index (χ3n) is 3.93. The molecule has 27 heavy (non-hydrogen) atoms. The average Bonchev–Trinajstić information content (AvgIpc) is 2.62. The zero-order valence-corrected chi connectivity index (χ0v) is 17.0. The predicted octanol–water partition coefficient (Wildman–Crippen LogP) is 4.07. The minimum absolute atomic E-state index is 0.00931. The van der Waals surface area contributed by atoms with E-state index in [1.807, 2.05) is 13.8 Å². The summed E-state index contributed by atoms with van der Waals surface area (Å²) in [7, 11) is -2.57. The van der Waals surface area contributed by atoms with Crippen molar-refractivity contribution in [1.82, 2.24) is 5.32 Å². The number of hydrogen-bond acceptors (Lipinski definition) is 4. The number of anilines is 1. The van der Waals surface area contributed by atoms with Gasteiger partial charge in [-0.25, -0.2) is 8.42 Å². The summed E-state index contributed by atoms with van der Waals surface area (Å²) in [6.07, 6.45) is 1.77. The number of benzene rings is 2. The molecule has 2 aromatic rings. The third-order valence-corrected chi connectivity index (χ3v) is 5.78. The molecule has 0 aromatic heterocycles. The van der Waals surface area contributed by atoms with Gasteiger partial charge in [0.15, 0.2) is 0 Å². The van der Waals surface area contributed by atoms with E-state index in [1.165, 1.54) is 25.3 Å². The van der Waals surface area contributed by atoms with Crippen molar-refractivity contribution < 1.29 is 17.9 Å². The van der Waals surface area contributed by atoms with Crippen LogP contribution < -0.4 is 14.8 Å². The van der Waals surface area contributed by atoms with Gasteiger partial charge in [-0.15, -0.1) is 0 Å². The number of carbonyl (C=O) groups excluding carboxylic acids is 1. The molecular weight excluding hydrogens is 388 g/mol. The molecule has 0 aliphatic heterocycles. The Morgan fingerprint density at radius 3 is 2.59 bits per heavy atom. The molecule has 0 saturated carbocycles. The van der Waals surface area contributed by atoms with E-state index in [9.17, 15) is 13.2 Å². The highest BCUT2D eigenvalue weighted by atomic mass is 35.5. The largest absolute Gasteiger partial charge is 0.495 e. The second-order valence-electron chi connectivity index (χ2n) is 6.11. The molecule has 2 rings (SSSR count). The molecule has 1 atom stereocenters. The van der Waals surface area contributed by atoms with Gasteiger partial charge in [0, 0.05) is 11.6 Å². The van der Waals surface area contributed by atoms with E-state index in [-0.39, 0.29) is 33.1 Å². The highest BCUT2D eigenvalue weighted by Crippen LogP contribution is 2.29. The summed E-state index contributed by atoms with van der Waals surface area (Å²) in [4.78, 5) is 12.2. The van der Waals surface area contributed by atoms with Crippen molar-refractivity contribution in [3.63, 3.8) is 0 Å². The van der Waals surface area contributed by atoms with Gasteiger partial charge in [-0.3, -0.25) is 9.52 Å². The van der Waals surface area contributed by atoms with Crippen LogP contribution in [0.3, 0.4) is 0 Å². The van der Waals surface area contributed by atoms with Crippen LogP contribution in [0, 0.1) is 0 Å². The first-order valence-electron chi connectivity index (χ1n) is 8.54. The van der Waals surface area contributed by atoms with Crippen molar-refractivity contribution in [2.45, 2.75) is 37.6 Å². The van der Waals surface area contributed by atoms with Gasteiger partial charge in [0.1, 0.15) is 10.6 Å². The Hall–Kier alpha value is -2.25. The first-order valence-corrected chi connectivity index (χ1v) is 10.4. The van der Waals surface area contributed by atoms with Crippen molar-refractivity contribution in [1.29, 1.82) is 0 Å². The summed E-state index contributed by atoms with van der Waals surface area (Å²) in [5.74, 6) is 0.0286. The lowest BCUT2D eigenvalue weighted by Crippen LogP contribution is -2.32. The van der Waals surface area contributed by atoms with E-state index in [1.54, 1.807) is 24.3 Å². The van der Waals surface area contributed by atoms with Crippen LogP contribution in [0.4, 0.5) is 5.69 Å². The molecule has 0 radical (unpaired) electrons. The topological polar surface area (TPSA) is 84.5 Å². The number of hydrogen-bond donors (Lipinski definition) is 2. The maximum absolute atomic E-state index is 12.8. The maximum Gasteiger partial charge on any atom is 0.263 e. The second-order valence-corrected chi connectivity index (χ2v) is 8.17. The van der Waals surface area contributed by atoms with Crippen LogP contribution in [0.1, 0.15) is 37.0 Å². The van der Waals surface area contributed by atoms with Crippen LogP contribution in [-0.2, 0) is 10.0 Å². The number of methoxy groups -OCH3 is 1. The van der Waals surface area contributed by atoms with Gasteiger partial charge >= 0.3 is 0 Å². The zero-order chi connectivity index (χ0) is 20.0. The third kappa shape index (κ3) is 5.37. The summed E-state index contributed by atoms with van der Waals surface area (Å²) in [5, 5.41) is 2.87. The Morgan fingerprint density at radius 2 is 1.93 bits per heavy atom. The first kappa shape index (κ1) is 21.1. The van der Waals surface area contributed by atoms with Crippen LogP contribution in [0.25, 0.3) is 0 Å². The molecule has 146 valence electrons. The highest BCUT2D eigenvalue weighted by Gasteiger charge is 2.22. The normalized spacial score (nSPS) is 12.3.